The highest BCUT2D eigenvalue weighted by atomic mass is 35.5. The van der Waals surface area contributed by atoms with Crippen LogP contribution in [0.3, 0.4) is 0 Å². The molecule has 0 heterocycles. The van der Waals surface area contributed by atoms with Gasteiger partial charge in [0.2, 0.25) is 0 Å². The van der Waals surface area contributed by atoms with E-state index in [2.05, 4.69) is 0 Å². The summed E-state index contributed by atoms with van der Waals surface area (Å²) < 4.78 is 10.3. The van der Waals surface area contributed by atoms with Gasteiger partial charge in [0.15, 0.2) is 11.5 Å². The first kappa shape index (κ1) is 14.1. The van der Waals surface area contributed by atoms with Gasteiger partial charge >= 0.3 is 0 Å². The third-order valence-electron chi connectivity index (χ3n) is 2.74. The van der Waals surface area contributed by atoms with Gasteiger partial charge in [-0.2, -0.15) is 0 Å². The Morgan fingerprint density at radius 2 is 2.00 bits per heavy atom. The molecule has 4 nitrogen and oxygen atoms in total. The molecule has 96 valence electrons. The number of halogens is 1. The summed E-state index contributed by atoms with van der Waals surface area (Å²) in [6.07, 6.45) is -0.715. The van der Waals surface area contributed by atoms with Gasteiger partial charge in [0.1, 0.15) is 0 Å². The normalized spacial score (nSPS) is 14.2. The predicted molar refractivity (Wildman–Crippen MR) is 67.7 cm³/mol. The van der Waals surface area contributed by atoms with Crippen LogP contribution < -0.4 is 15.2 Å². The summed E-state index contributed by atoms with van der Waals surface area (Å²) in [5.41, 5.74) is 6.13. The van der Waals surface area contributed by atoms with Crippen molar-refractivity contribution in [2.45, 2.75) is 13.0 Å². The fraction of sp³-hybridized carbons (Fsp3) is 0.500. The first-order valence-electron chi connectivity index (χ1n) is 5.35. The van der Waals surface area contributed by atoms with E-state index in [0.29, 0.717) is 28.6 Å². The highest BCUT2D eigenvalue weighted by Crippen LogP contribution is 2.40. The van der Waals surface area contributed by atoms with Gasteiger partial charge in [0.05, 0.1) is 25.3 Å². The zero-order valence-corrected chi connectivity index (χ0v) is 11.0. The van der Waals surface area contributed by atoms with Crippen molar-refractivity contribution in [3.8, 4) is 11.5 Å². The molecule has 0 radical (unpaired) electrons. The lowest BCUT2D eigenvalue weighted by Crippen LogP contribution is -2.19. The fourth-order valence-corrected chi connectivity index (χ4v) is 1.91. The first-order chi connectivity index (χ1) is 8.06. The molecule has 0 bridgehead atoms. The number of rotatable bonds is 5. The van der Waals surface area contributed by atoms with Crippen LogP contribution in [0.1, 0.15) is 18.6 Å². The molecule has 17 heavy (non-hydrogen) atoms. The van der Waals surface area contributed by atoms with Crippen LogP contribution in [0.4, 0.5) is 0 Å². The zero-order chi connectivity index (χ0) is 13.0. The predicted octanol–water partition coefficient (Wildman–Crippen LogP) is 1.99. The van der Waals surface area contributed by atoms with Crippen molar-refractivity contribution in [3.63, 3.8) is 0 Å². The maximum atomic E-state index is 10.1. The number of hydrogen-bond acceptors (Lipinski definition) is 4. The molecule has 5 heteroatoms. The van der Waals surface area contributed by atoms with Gasteiger partial charge in [0, 0.05) is 5.56 Å². The van der Waals surface area contributed by atoms with Crippen LogP contribution in [0.25, 0.3) is 0 Å². The van der Waals surface area contributed by atoms with Gasteiger partial charge in [-0.25, -0.2) is 0 Å². The Labute approximate surface area is 106 Å². The molecule has 0 fully saturated rings. The number of aliphatic hydroxyl groups is 1. The summed E-state index contributed by atoms with van der Waals surface area (Å²) in [6, 6.07) is 3.44. The molecule has 0 saturated carbocycles. The largest absolute Gasteiger partial charge is 0.493 e. The van der Waals surface area contributed by atoms with Crippen LogP contribution in [0.15, 0.2) is 12.1 Å². The van der Waals surface area contributed by atoms with E-state index in [1.54, 1.807) is 12.1 Å². The van der Waals surface area contributed by atoms with E-state index in [0.717, 1.165) is 0 Å². The SMILES string of the molecule is COc1ccc(C(O)C(C)CN)c(Cl)c1OC. The van der Waals surface area contributed by atoms with Crippen LogP contribution in [0, 0.1) is 5.92 Å². The lowest BCUT2D eigenvalue weighted by atomic mass is 9.97. The van der Waals surface area contributed by atoms with Crippen LogP contribution in [-0.4, -0.2) is 25.9 Å². The maximum Gasteiger partial charge on any atom is 0.179 e. The molecular weight excluding hydrogens is 242 g/mol. The van der Waals surface area contributed by atoms with Crippen molar-refractivity contribution in [3.05, 3.63) is 22.7 Å². The molecule has 3 N–H and O–H groups in total. The summed E-state index contributed by atoms with van der Waals surface area (Å²) in [5.74, 6) is 0.884. The molecule has 0 aliphatic heterocycles. The van der Waals surface area contributed by atoms with Crippen LogP contribution >= 0.6 is 11.6 Å². The summed E-state index contributed by atoms with van der Waals surface area (Å²) in [5, 5.41) is 10.5. The molecule has 0 aliphatic rings. The van der Waals surface area contributed by atoms with Gasteiger partial charge in [-0.3, -0.25) is 0 Å². The summed E-state index contributed by atoms with van der Waals surface area (Å²) >= 11 is 6.18. The number of benzene rings is 1. The molecule has 0 saturated heterocycles. The standard InChI is InChI=1S/C12H18ClNO3/c1-7(6-14)11(15)8-4-5-9(16-2)12(17-3)10(8)13/h4-5,7,11,15H,6,14H2,1-3H3. The monoisotopic (exact) mass is 259 g/mol. The van der Waals surface area contributed by atoms with E-state index in [1.807, 2.05) is 6.92 Å². The quantitative estimate of drug-likeness (QED) is 0.849. The van der Waals surface area contributed by atoms with Crippen molar-refractivity contribution in [2.24, 2.45) is 11.7 Å². The van der Waals surface area contributed by atoms with Gasteiger partial charge in [0.25, 0.3) is 0 Å². The number of aliphatic hydroxyl groups excluding tert-OH is 1. The van der Waals surface area contributed by atoms with E-state index in [9.17, 15) is 5.11 Å². The molecule has 2 unspecified atom stereocenters. The Bertz CT molecular complexity index is 384. The van der Waals surface area contributed by atoms with Crippen molar-refractivity contribution in [1.29, 1.82) is 0 Å². The minimum absolute atomic E-state index is 0.0781. The highest BCUT2D eigenvalue weighted by molar-refractivity contribution is 6.33. The van der Waals surface area contributed by atoms with Crippen molar-refractivity contribution < 1.29 is 14.6 Å². The number of methoxy groups -OCH3 is 2. The molecule has 1 rings (SSSR count). The molecule has 0 aliphatic carbocycles. The molecule has 0 amide bonds. The highest BCUT2D eigenvalue weighted by Gasteiger charge is 2.22. The number of ether oxygens (including phenoxy) is 2. The van der Waals surface area contributed by atoms with Crippen molar-refractivity contribution >= 4 is 11.6 Å². The van der Waals surface area contributed by atoms with E-state index in [-0.39, 0.29) is 5.92 Å². The van der Waals surface area contributed by atoms with E-state index < -0.39 is 6.10 Å². The van der Waals surface area contributed by atoms with Gasteiger partial charge in [-0.15, -0.1) is 0 Å². The van der Waals surface area contributed by atoms with Gasteiger partial charge < -0.3 is 20.3 Å². The molecule has 0 spiro atoms. The molecule has 1 aromatic rings. The third-order valence-corrected chi connectivity index (χ3v) is 3.13. The van der Waals surface area contributed by atoms with E-state index in [4.69, 9.17) is 26.8 Å². The molecule has 1 aromatic carbocycles. The lowest BCUT2D eigenvalue weighted by Gasteiger charge is -2.20. The van der Waals surface area contributed by atoms with Crippen LogP contribution in [-0.2, 0) is 0 Å². The van der Waals surface area contributed by atoms with Crippen LogP contribution in [0.5, 0.6) is 11.5 Å². The second-order valence-corrected chi connectivity index (χ2v) is 4.24. The lowest BCUT2D eigenvalue weighted by molar-refractivity contribution is 0.121. The second-order valence-electron chi connectivity index (χ2n) is 3.86. The third kappa shape index (κ3) is 2.83. The van der Waals surface area contributed by atoms with Gasteiger partial charge in [-0.05, 0) is 18.5 Å². The van der Waals surface area contributed by atoms with Gasteiger partial charge in [-0.1, -0.05) is 24.6 Å². The Kier molecular flexibility index (Phi) is 5.05. The average Bonchev–Trinajstić information content (AvgIpc) is 2.36. The topological polar surface area (TPSA) is 64.7 Å². The fourth-order valence-electron chi connectivity index (χ4n) is 1.57. The zero-order valence-electron chi connectivity index (χ0n) is 10.2. The van der Waals surface area contributed by atoms with Crippen LogP contribution in [0.2, 0.25) is 5.02 Å². The Hall–Kier alpha value is -0.970. The first-order valence-corrected chi connectivity index (χ1v) is 5.73. The number of hydrogen-bond donors (Lipinski definition) is 2. The number of nitrogens with two attached hydrogens (primary N) is 1. The second kappa shape index (κ2) is 6.10. The Balaban J connectivity index is 3.18. The maximum absolute atomic E-state index is 10.1. The van der Waals surface area contributed by atoms with E-state index in [1.165, 1.54) is 14.2 Å². The minimum atomic E-state index is -0.715. The minimum Gasteiger partial charge on any atom is -0.493 e. The average molecular weight is 260 g/mol. The Morgan fingerprint density at radius 3 is 2.47 bits per heavy atom. The van der Waals surface area contributed by atoms with Crippen molar-refractivity contribution in [2.75, 3.05) is 20.8 Å². The van der Waals surface area contributed by atoms with Crippen molar-refractivity contribution in [1.82, 2.24) is 0 Å². The molecule has 0 aromatic heterocycles. The summed E-state index contributed by atoms with van der Waals surface area (Å²) in [4.78, 5) is 0. The summed E-state index contributed by atoms with van der Waals surface area (Å²) in [7, 11) is 3.04. The van der Waals surface area contributed by atoms with E-state index >= 15 is 0 Å². The Morgan fingerprint density at radius 1 is 1.35 bits per heavy atom. The molecular formula is C12H18ClNO3. The smallest absolute Gasteiger partial charge is 0.179 e. The summed E-state index contributed by atoms with van der Waals surface area (Å²) in [6.45, 7) is 2.24. The molecule has 2 atom stereocenters.